The van der Waals surface area contributed by atoms with Crippen molar-refractivity contribution in [1.82, 2.24) is 4.98 Å². The summed E-state index contributed by atoms with van der Waals surface area (Å²) in [6, 6.07) is 1.58. The van der Waals surface area contributed by atoms with Crippen LogP contribution in [0.1, 0.15) is 0 Å². The summed E-state index contributed by atoms with van der Waals surface area (Å²) in [6.07, 6.45) is 2.96. The standard InChI is InChI=1S/C6H9N3OS/c10-9-4-1-2-7-6(9)8-3-5-11/h1-2,4,11H,3,5H2,(H,7,8). The Kier molecular flexibility index (Phi) is 2.97. The number of anilines is 1. The number of nitrogens with one attached hydrogen (secondary N) is 1. The normalized spacial score (nSPS) is 9.55. The summed E-state index contributed by atoms with van der Waals surface area (Å²) in [5, 5.41) is 13.7. The lowest BCUT2D eigenvalue weighted by Crippen LogP contribution is -2.31. The summed E-state index contributed by atoms with van der Waals surface area (Å²) in [5.41, 5.74) is 0. The van der Waals surface area contributed by atoms with Gasteiger partial charge in [0, 0.05) is 11.8 Å². The Morgan fingerprint density at radius 2 is 2.55 bits per heavy atom. The predicted octanol–water partition coefficient (Wildman–Crippen LogP) is 0.0567. The lowest BCUT2D eigenvalue weighted by molar-refractivity contribution is -0.593. The Labute approximate surface area is 70.3 Å². The van der Waals surface area contributed by atoms with Gasteiger partial charge in [0.25, 0.3) is 0 Å². The van der Waals surface area contributed by atoms with E-state index in [2.05, 4.69) is 22.9 Å². The zero-order valence-corrected chi connectivity index (χ0v) is 6.79. The number of hydrogen-bond donors (Lipinski definition) is 2. The van der Waals surface area contributed by atoms with Gasteiger partial charge in [0.15, 0.2) is 0 Å². The molecule has 1 aromatic rings. The number of aromatic nitrogens is 2. The van der Waals surface area contributed by atoms with Gasteiger partial charge in [-0.1, -0.05) is 4.98 Å². The van der Waals surface area contributed by atoms with Crippen LogP contribution < -0.4 is 10.0 Å². The Morgan fingerprint density at radius 1 is 1.73 bits per heavy atom. The molecular weight excluding hydrogens is 162 g/mol. The average Bonchev–Trinajstić information content (AvgIpc) is 2.03. The van der Waals surface area contributed by atoms with Crippen molar-refractivity contribution in [2.75, 3.05) is 17.6 Å². The highest BCUT2D eigenvalue weighted by molar-refractivity contribution is 7.80. The van der Waals surface area contributed by atoms with E-state index >= 15 is 0 Å². The average molecular weight is 171 g/mol. The number of thiol groups is 1. The molecule has 0 fully saturated rings. The number of nitrogens with zero attached hydrogens (tertiary/aromatic N) is 2. The van der Waals surface area contributed by atoms with Crippen molar-refractivity contribution in [3.05, 3.63) is 23.7 Å². The molecule has 0 aliphatic rings. The van der Waals surface area contributed by atoms with Crippen molar-refractivity contribution in [3.8, 4) is 0 Å². The summed E-state index contributed by atoms with van der Waals surface area (Å²) < 4.78 is 0.684. The van der Waals surface area contributed by atoms with Gasteiger partial charge in [0.2, 0.25) is 0 Å². The summed E-state index contributed by atoms with van der Waals surface area (Å²) >= 11 is 3.98. The van der Waals surface area contributed by atoms with E-state index in [0.717, 1.165) is 0 Å². The molecule has 0 aliphatic carbocycles. The van der Waals surface area contributed by atoms with E-state index in [1.807, 2.05) is 0 Å². The second-order valence-electron chi connectivity index (χ2n) is 1.92. The van der Waals surface area contributed by atoms with Crippen LogP contribution in [0.25, 0.3) is 0 Å². The van der Waals surface area contributed by atoms with Crippen molar-refractivity contribution in [2.24, 2.45) is 0 Å². The second kappa shape index (κ2) is 4.02. The summed E-state index contributed by atoms with van der Waals surface area (Å²) in [4.78, 5) is 3.82. The van der Waals surface area contributed by atoms with E-state index < -0.39 is 0 Å². The van der Waals surface area contributed by atoms with Gasteiger partial charge >= 0.3 is 5.95 Å². The molecule has 1 rings (SSSR count). The molecule has 0 atom stereocenters. The van der Waals surface area contributed by atoms with E-state index in [4.69, 9.17) is 0 Å². The molecule has 0 aromatic carbocycles. The third-order valence-corrected chi connectivity index (χ3v) is 1.33. The van der Waals surface area contributed by atoms with Gasteiger partial charge in [0.1, 0.15) is 6.20 Å². The van der Waals surface area contributed by atoms with Gasteiger partial charge in [-0.25, -0.2) is 4.73 Å². The Balaban J connectivity index is 2.62. The van der Waals surface area contributed by atoms with Gasteiger partial charge in [-0.2, -0.15) is 12.6 Å². The molecule has 5 heteroatoms. The highest BCUT2D eigenvalue weighted by atomic mass is 32.1. The Bertz CT molecular complexity index is 231. The highest BCUT2D eigenvalue weighted by Gasteiger charge is 2.00. The molecule has 0 saturated carbocycles. The zero-order chi connectivity index (χ0) is 8.10. The fourth-order valence-corrected chi connectivity index (χ4v) is 0.761. The quantitative estimate of drug-likeness (QED) is 0.384. The van der Waals surface area contributed by atoms with Crippen molar-refractivity contribution in [2.45, 2.75) is 0 Å². The first-order valence-corrected chi connectivity index (χ1v) is 3.87. The van der Waals surface area contributed by atoms with Crippen LogP contribution in [0.4, 0.5) is 5.95 Å². The molecular formula is C6H9N3OS. The largest absolute Gasteiger partial charge is 0.740 e. The Morgan fingerprint density at radius 3 is 3.18 bits per heavy atom. The minimum absolute atomic E-state index is 0.321. The molecule has 1 aromatic heterocycles. The summed E-state index contributed by atoms with van der Waals surface area (Å²) in [6.45, 7) is 0.641. The van der Waals surface area contributed by atoms with Gasteiger partial charge in [-0.15, -0.1) is 0 Å². The first-order chi connectivity index (χ1) is 5.34. The van der Waals surface area contributed by atoms with Crippen molar-refractivity contribution in [3.63, 3.8) is 0 Å². The second-order valence-corrected chi connectivity index (χ2v) is 2.37. The third kappa shape index (κ3) is 2.27. The minimum Gasteiger partial charge on any atom is -0.740 e. The topological polar surface area (TPSA) is 51.9 Å². The molecule has 1 N–H and O–H groups in total. The Hall–Kier alpha value is -0.970. The van der Waals surface area contributed by atoms with E-state index in [1.165, 1.54) is 6.20 Å². The maximum atomic E-state index is 10.9. The van der Waals surface area contributed by atoms with Gasteiger partial charge in [-0.05, 0) is 0 Å². The van der Waals surface area contributed by atoms with Crippen LogP contribution in [0.3, 0.4) is 0 Å². The van der Waals surface area contributed by atoms with Crippen LogP contribution in [0.15, 0.2) is 18.5 Å². The van der Waals surface area contributed by atoms with E-state index in [0.29, 0.717) is 23.0 Å². The summed E-state index contributed by atoms with van der Waals surface area (Å²) in [7, 11) is 0. The fourth-order valence-electron chi connectivity index (χ4n) is 0.649. The van der Waals surface area contributed by atoms with E-state index in [-0.39, 0.29) is 0 Å². The molecule has 11 heavy (non-hydrogen) atoms. The predicted molar refractivity (Wildman–Crippen MR) is 45.5 cm³/mol. The summed E-state index contributed by atoms with van der Waals surface area (Å²) in [5.74, 6) is 0.998. The molecule has 0 spiro atoms. The maximum absolute atomic E-state index is 10.9. The van der Waals surface area contributed by atoms with Crippen molar-refractivity contribution < 1.29 is 4.73 Å². The molecule has 4 nitrogen and oxygen atoms in total. The lowest BCUT2D eigenvalue weighted by atomic mass is 10.6. The monoisotopic (exact) mass is 171 g/mol. The van der Waals surface area contributed by atoms with Gasteiger partial charge in [0.05, 0.1) is 12.7 Å². The highest BCUT2D eigenvalue weighted by Crippen LogP contribution is 1.89. The number of rotatable bonds is 3. The van der Waals surface area contributed by atoms with Crippen LogP contribution in [-0.2, 0) is 0 Å². The SMILES string of the molecule is [O-][n+]1cccnc1NCCS. The fraction of sp³-hybridized carbons (Fsp3) is 0.333. The first kappa shape index (κ1) is 8.13. The molecule has 0 amide bonds. The third-order valence-electron chi connectivity index (χ3n) is 1.11. The smallest absolute Gasteiger partial charge is 0.391 e. The van der Waals surface area contributed by atoms with E-state index in [9.17, 15) is 5.21 Å². The van der Waals surface area contributed by atoms with Crippen molar-refractivity contribution in [1.29, 1.82) is 0 Å². The van der Waals surface area contributed by atoms with Crippen LogP contribution >= 0.6 is 12.6 Å². The van der Waals surface area contributed by atoms with Crippen LogP contribution in [0.2, 0.25) is 0 Å². The van der Waals surface area contributed by atoms with Crippen LogP contribution in [0.5, 0.6) is 0 Å². The van der Waals surface area contributed by atoms with Crippen molar-refractivity contribution >= 4 is 18.6 Å². The number of hydrogen-bond acceptors (Lipinski definition) is 4. The molecule has 0 unspecified atom stereocenters. The molecule has 1 heterocycles. The zero-order valence-electron chi connectivity index (χ0n) is 5.90. The maximum Gasteiger partial charge on any atom is 0.391 e. The van der Waals surface area contributed by atoms with Gasteiger partial charge < -0.3 is 5.21 Å². The lowest BCUT2D eigenvalue weighted by Gasteiger charge is -2.05. The first-order valence-electron chi connectivity index (χ1n) is 3.23. The molecule has 0 saturated heterocycles. The molecule has 0 radical (unpaired) electrons. The molecule has 0 bridgehead atoms. The van der Waals surface area contributed by atoms with Crippen LogP contribution in [0, 0.1) is 5.21 Å². The van der Waals surface area contributed by atoms with Gasteiger partial charge in [-0.3, -0.25) is 5.32 Å². The van der Waals surface area contributed by atoms with Crippen LogP contribution in [-0.4, -0.2) is 17.3 Å². The van der Waals surface area contributed by atoms with E-state index in [1.54, 1.807) is 12.3 Å². The molecule has 0 aliphatic heterocycles. The molecule has 60 valence electrons. The minimum atomic E-state index is 0.321.